The molecule has 0 spiro atoms. The summed E-state index contributed by atoms with van der Waals surface area (Å²) in [4.78, 5) is 14.0. The first-order valence-electron chi connectivity index (χ1n) is 8.01. The summed E-state index contributed by atoms with van der Waals surface area (Å²) in [6.07, 6.45) is 2.77. The predicted octanol–water partition coefficient (Wildman–Crippen LogP) is 2.79. The third-order valence-corrected chi connectivity index (χ3v) is 3.84. The van der Waals surface area contributed by atoms with Crippen molar-refractivity contribution in [2.45, 2.75) is 77.6 Å². The predicted molar refractivity (Wildman–Crippen MR) is 84.5 cm³/mol. The number of hydrogen-bond acceptors (Lipinski definition) is 4. The van der Waals surface area contributed by atoms with Crippen LogP contribution < -0.4 is 5.32 Å². The van der Waals surface area contributed by atoms with E-state index >= 15 is 0 Å². The van der Waals surface area contributed by atoms with Crippen molar-refractivity contribution in [3.63, 3.8) is 0 Å². The van der Waals surface area contributed by atoms with E-state index in [1.165, 1.54) is 0 Å². The molecule has 0 aromatic rings. The second-order valence-electron chi connectivity index (χ2n) is 6.97. The van der Waals surface area contributed by atoms with Crippen LogP contribution in [0.4, 0.5) is 4.79 Å². The molecule has 0 bridgehead atoms. The lowest BCUT2D eigenvalue weighted by atomic mass is 9.97. The minimum Gasteiger partial charge on any atom is -0.444 e. The highest BCUT2D eigenvalue weighted by atomic mass is 16.6. The van der Waals surface area contributed by atoms with Crippen molar-refractivity contribution in [1.29, 1.82) is 0 Å². The first kappa shape index (κ1) is 18.2. The maximum absolute atomic E-state index is 12.2. The fraction of sp³-hybridized carbons (Fsp3) is 0.938. The summed E-state index contributed by atoms with van der Waals surface area (Å²) in [5, 5.41) is 3.64. The second-order valence-corrected chi connectivity index (χ2v) is 6.97. The van der Waals surface area contributed by atoms with Crippen LogP contribution in [-0.2, 0) is 9.47 Å². The average Bonchev–Trinajstić information content (AvgIpc) is 2.36. The van der Waals surface area contributed by atoms with Gasteiger partial charge in [-0.2, -0.15) is 0 Å². The van der Waals surface area contributed by atoms with Crippen molar-refractivity contribution in [2.75, 3.05) is 20.3 Å². The molecular formula is C16H32N2O3. The number of methoxy groups -OCH3 is 1. The van der Waals surface area contributed by atoms with E-state index in [0.29, 0.717) is 12.1 Å². The molecule has 1 aliphatic rings. The highest BCUT2D eigenvalue weighted by molar-refractivity contribution is 5.68. The fourth-order valence-electron chi connectivity index (χ4n) is 2.73. The molecule has 124 valence electrons. The van der Waals surface area contributed by atoms with Crippen molar-refractivity contribution in [3.05, 3.63) is 0 Å². The van der Waals surface area contributed by atoms with Gasteiger partial charge in [-0.25, -0.2) is 4.79 Å². The van der Waals surface area contributed by atoms with Crippen LogP contribution >= 0.6 is 0 Å². The molecule has 0 radical (unpaired) electrons. The van der Waals surface area contributed by atoms with Gasteiger partial charge in [0.25, 0.3) is 0 Å². The fourth-order valence-corrected chi connectivity index (χ4v) is 2.73. The first-order valence-corrected chi connectivity index (χ1v) is 8.01. The third kappa shape index (κ3) is 6.22. The Hall–Kier alpha value is -0.810. The molecule has 0 aromatic heterocycles. The first-order chi connectivity index (χ1) is 9.76. The number of rotatable bonds is 5. The number of carbonyl (C=O) groups excluding carboxylic acids is 1. The van der Waals surface area contributed by atoms with Gasteiger partial charge in [-0.15, -0.1) is 0 Å². The quantitative estimate of drug-likeness (QED) is 0.848. The Labute approximate surface area is 129 Å². The number of piperidine rings is 1. The van der Waals surface area contributed by atoms with Crippen molar-refractivity contribution in [1.82, 2.24) is 10.2 Å². The summed E-state index contributed by atoms with van der Waals surface area (Å²) in [6.45, 7) is 11.4. The number of nitrogens with one attached hydrogen (secondary N) is 1. The smallest absolute Gasteiger partial charge is 0.410 e. The molecule has 3 atom stereocenters. The number of carbonyl (C=O) groups is 1. The molecule has 3 unspecified atom stereocenters. The Morgan fingerprint density at radius 1 is 1.43 bits per heavy atom. The monoisotopic (exact) mass is 300 g/mol. The minimum absolute atomic E-state index is 0.197. The van der Waals surface area contributed by atoms with Gasteiger partial charge in [0, 0.05) is 31.8 Å². The molecule has 1 amide bonds. The Morgan fingerprint density at radius 3 is 2.57 bits per heavy atom. The molecule has 5 heteroatoms. The van der Waals surface area contributed by atoms with Crippen LogP contribution in [0.25, 0.3) is 0 Å². The van der Waals surface area contributed by atoms with Crippen LogP contribution in [0.5, 0.6) is 0 Å². The van der Waals surface area contributed by atoms with E-state index in [-0.39, 0.29) is 12.1 Å². The Balaban J connectivity index is 2.48. The summed E-state index contributed by atoms with van der Waals surface area (Å²) < 4.78 is 10.7. The molecule has 1 saturated heterocycles. The van der Waals surface area contributed by atoms with Gasteiger partial charge < -0.3 is 19.7 Å². The lowest BCUT2D eigenvalue weighted by Crippen LogP contribution is -2.53. The molecule has 1 heterocycles. The maximum atomic E-state index is 12.2. The number of ether oxygens (including phenoxy) is 2. The zero-order valence-electron chi connectivity index (χ0n) is 14.4. The van der Waals surface area contributed by atoms with Crippen molar-refractivity contribution >= 4 is 6.09 Å². The highest BCUT2D eigenvalue weighted by Crippen LogP contribution is 2.21. The van der Waals surface area contributed by atoms with Gasteiger partial charge in [0.2, 0.25) is 0 Å². The largest absolute Gasteiger partial charge is 0.444 e. The average molecular weight is 300 g/mol. The molecule has 0 aliphatic carbocycles. The summed E-state index contributed by atoms with van der Waals surface area (Å²) >= 11 is 0. The molecule has 5 nitrogen and oxygen atoms in total. The van der Waals surface area contributed by atoms with E-state index in [0.717, 1.165) is 32.4 Å². The number of likely N-dealkylation sites (tertiary alicyclic amines) is 1. The van der Waals surface area contributed by atoms with Crippen LogP contribution in [0.2, 0.25) is 0 Å². The zero-order valence-corrected chi connectivity index (χ0v) is 14.4. The molecule has 0 saturated carbocycles. The Morgan fingerprint density at radius 2 is 2.10 bits per heavy atom. The highest BCUT2D eigenvalue weighted by Gasteiger charge is 2.32. The van der Waals surface area contributed by atoms with Gasteiger partial charge in [-0.3, -0.25) is 0 Å². The van der Waals surface area contributed by atoms with Crippen molar-refractivity contribution < 1.29 is 14.3 Å². The molecule has 1 aliphatic heterocycles. The maximum Gasteiger partial charge on any atom is 0.410 e. The van der Waals surface area contributed by atoms with Gasteiger partial charge in [0.05, 0.1) is 6.61 Å². The third-order valence-electron chi connectivity index (χ3n) is 3.84. The summed E-state index contributed by atoms with van der Waals surface area (Å²) in [5.74, 6) is 0. The molecule has 0 aromatic carbocycles. The number of hydrogen-bond donors (Lipinski definition) is 1. The van der Waals surface area contributed by atoms with E-state index < -0.39 is 5.60 Å². The normalized spacial score (nSPS) is 24.8. The second kappa shape index (κ2) is 7.99. The Kier molecular flexibility index (Phi) is 6.94. The van der Waals surface area contributed by atoms with Crippen LogP contribution in [-0.4, -0.2) is 55.0 Å². The molecular weight excluding hydrogens is 268 g/mol. The van der Waals surface area contributed by atoms with Crippen molar-refractivity contribution in [3.8, 4) is 0 Å². The standard InChI is InChI=1S/C16H32N2O3/c1-7-13(11-20-6)17-14-8-9-18(12(2)10-14)15(19)21-16(3,4)5/h12-14,17H,7-11H2,1-6H3. The summed E-state index contributed by atoms with van der Waals surface area (Å²) in [7, 11) is 1.73. The van der Waals surface area contributed by atoms with E-state index in [2.05, 4.69) is 19.2 Å². The van der Waals surface area contributed by atoms with Crippen LogP contribution in [0.15, 0.2) is 0 Å². The van der Waals surface area contributed by atoms with Gasteiger partial charge in [0.1, 0.15) is 5.60 Å². The summed E-state index contributed by atoms with van der Waals surface area (Å²) in [6, 6.07) is 1.03. The van der Waals surface area contributed by atoms with E-state index in [4.69, 9.17) is 9.47 Å². The summed E-state index contributed by atoms with van der Waals surface area (Å²) in [5.41, 5.74) is -0.433. The molecule has 1 fully saturated rings. The van der Waals surface area contributed by atoms with Gasteiger partial charge >= 0.3 is 6.09 Å². The zero-order chi connectivity index (χ0) is 16.0. The Bertz CT molecular complexity index is 328. The minimum atomic E-state index is -0.433. The van der Waals surface area contributed by atoms with Crippen LogP contribution in [0, 0.1) is 0 Å². The molecule has 1 N–H and O–H groups in total. The SMILES string of the molecule is CCC(COC)NC1CCN(C(=O)OC(C)(C)C)C(C)C1. The molecule has 1 rings (SSSR count). The lowest BCUT2D eigenvalue weighted by Gasteiger charge is -2.39. The number of amides is 1. The van der Waals surface area contributed by atoms with Gasteiger partial charge in [-0.1, -0.05) is 6.92 Å². The van der Waals surface area contributed by atoms with E-state index in [1.54, 1.807) is 7.11 Å². The van der Waals surface area contributed by atoms with Crippen LogP contribution in [0.3, 0.4) is 0 Å². The lowest BCUT2D eigenvalue weighted by molar-refractivity contribution is 0.00845. The van der Waals surface area contributed by atoms with E-state index in [9.17, 15) is 4.79 Å². The van der Waals surface area contributed by atoms with E-state index in [1.807, 2.05) is 25.7 Å². The van der Waals surface area contributed by atoms with Gasteiger partial charge in [0.15, 0.2) is 0 Å². The number of nitrogens with zero attached hydrogens (tertiary/aromatic N) is 1. The topological polar surface area (TPSA) is 50.8 Å². The van der Waals surface area contributed by atoms with Crippen LogP contribution in [0.1, 0.15) is 53.9 Å². The van der Waals surface area contributed by atoms with Gasteiger partial charge in [-0.05, 0) is 47.0 Å². The molecule has 21 heavy (non-hydrogen) atoms. The van der Waals surface area contributed by atoms with Crippen molar-refractivity contribution in [2.24, 2.45) is 0 Å².